The summed E-state index contributed by atoms with van der Waals surface area (Å²) in [5, 5.41) is -1.00. The molecule has 0 fully saturated rings. The molecule has 0 saturated heterocycles. The fraction of sp³-hybridized carbons (Fsp3) is 0.222. The second-order valence-electron chi connectivity index (χ2n) is 3.50. The van der Waals surface area contributed by atoms with Crippen molar-refractivity contribution in [2.45, 2.75) is 4.90 Å². The zero-order chi connectivity index (χ0) is 13.9. The summed E-state index contributed by atoms with van der Waals surface area (Å²) in [6.45, 7) is 0. The molecule has 1 rings (SSSR count). The van der Waals surface area contributed by atoms with Gasteiger partial charge < -0.3 is 5.73 Å². The van der Waals surface area contributed by atoms with E-state index in [-0.39, 0.29) is 4.90 Å². The predicted molar refractivity (Wildman–Crippen MR) is 68.7 cm³/mol. The summed E-state index contributed by atoms with van der Waals surface area (Å²) in [4.78, 5) is 10.7. The van der Waals surface area contributed by atoms with Crippen LogP contribution in [0.4, 0.5) is 10.5 Å². The van der Waals surface area contributed by atoms with E-state index in [1.807, 2.05) is 0 Å². The van der Waals surface area contributed by atoms with Crippen LogP contribution in [-0.4, -0.2) is 36.3 Å². The van der Waals surface area contributed by atoms with E-state index in [4.69, 9.17) is 5.73 Å². The lowest BCUT2D eigenvalue weighted by molar-refractivity contribution is 0.266. The third-order valence-corrected chi connectivity index (χ3v) is 4.64. The Bertz CT molecular complexity index is 566. The number of primary amides is 1. The molecular weight excluding hydrogens is 278 g/mol. The Morgan fingerprint density at radius 2 is 1.78 bits per heavy atom. The molecule has 1 atom stereocenters. The van der Waals surface area contributed by atoms with Gasteiger partial charge in [0.15, 0.2) is 0 Å². The number of carbonyl (C=O) groups excluding carboxylic acids is 1. The molecule has 0 heterocycles. The number of nitrogens with zero attached hydrogens (tertiary/aromatic N) is 1. The number of amides is 1. The third-order valence-electron chi connectivity index (χ3n) is 2.03. The number of carbonyl (C=O) groups is 1. The van der Waals surface area contributed by atoms with Crippen molar-refractivity contribution in [3.8, 4) is 0 Å². The van der Waals surface area contributed by atoms with Gasteiger partial charge in [-0.15, -0.1) is 0 Å². The fourth-order valence-corrected chi connectivity index (χ4v) is 2.42. The number of anilines is 1. The van der Waals surface area contributed by atoms with Crippen LogP contribution < -0.4 is 10.5 Å². The van der Waals surface area contributed by atoms with Crippen molar-refractivity contribution in [2.24, 2.45) is 5.73 Å². The molecule has 0 aromatic heterocycles. The summed E-state index contributed by atoms with van der Waals surface area (Å²) in [6.07, 6.45) is 0. The predicted octanol–water partition coefficient (Wildman–Crippen LogP) is 0.0912. The molecule has 100 valence electrons. The van der Waals surface area contributed by atoms with E-state index in [0.717, 1.165) is 4.31 Å². The van der Waals surface area contributed by atoms with Gasteiger partial charge in [0.2, 0.25) is 21.0 Å². The van der Waals surface area contributed by atoms with Crippen molar-refractivity contribution in [2.75, 3.05) is 18.8 Å². The molecule has 1 aromatic rings. The Balaban J connectivity index is 2.94. The van der Waals surface area contributed by atoms with Gasteiger partial charge in [0.05, 0.1) is 4.90 Å². The molecule has 0 aliphatic heterocycles. The lowest BCUT2D eigenvalue weighted by atomic mass is 10.3. The zero-order valence-electron chi connectivity index (χ0n) is 9.78. The Hall–Kier alpha value is -1.45. The molecule has 1 amide bonds. The normalized spacial score (nSPS) is 13.3. The van der Waals surface area contributed by atoms with Crippen LogP contribution in [0.5, 0.6) is 0 Å². The van der Waals surface area contributed by atoms with Crippen LogP contribution in [0.2, 0.25) is 0 Å². The molecule has 0 radical (unpaired) electrons. The standard InChI is InChI=1S/C9H13N3O4S2/c1-12(2)18(15,16)8-5-3-7(4-6-8)11-17(14)9(10)13/h3-6,11H,1-2H3,(H2,10,13). The van der Waals surface area contributed by atoms with Gasteiger partial charge in [0.25, 0.3) is 0 Å². The number of hydrogen-bond donors (Lipinski definition) is 2. The molecular formula is C9H13N3O4S2. The number of nitrogens with one attached hydrogen (secondary N) is 1. The van der Waals surface area contributed by atoms with Crippen LogP contribution in [-0.2, 0) is 21.0 Å². The molecule has 1 aromatic carbocycles. The summed E-state index contributed by atoms with van der Waals surface area (Å²) in [7, 11) is -2.69. The van der Waals surface area contributed by atoms with Gasteiger partial charge in [-0.05, 0) is 24.3 Å². The molecule has 9 heteroatoms. The van der Waals surface area contributed by atoms with Crippen molar-refractivity contribution in [3.05, 3.63) is 24.3 Å². The van der Waals surface area contributed by atoms with E-state index in [9.17, 15) is 17.4 Å². The van der Waals surface area contributed by atoms with Gasteiger partial charge in [-0.1, -0.05) is 0 Å². The first-order valence-electron chi connectivity index (χ1n) is 4.75. The molecule has 3 N–H and O–H groups in total. The van der Waals surface area contributed by atoms with E-state index >= 15 is 0 Å². The molecule has 0 spiro atoms. The lowest BCUT2D eigenvalue weighted by Crippen LogP contribution is -2.23. The smallest absolute Gasteiger partial charge is 0.327 e. The van der Waals surface area contributed by atoms with Gasteiger partial charge in [0, 0.05) is 19.8 Å². The summed E-state index contributed by atoms with van der Waals surface area (Å²) in [5.41, 5.74) is 5.16. The van der Waals surface area contributed by atoms with Gasteiger partial charge in [-0.2, -0.15) is 0 Å². The fourth-order valence-electron chi connectivity index (χ4n) is 1.06. The molecule has 0 aliphatic carbocycles. The molecule has 0 saturated carbocycles. The van der Waals surface area contributed by atoms with E-state index in [1.165, 1.54) is 38.4 Å². The van der Waals surface area contributed by atoms with Gasteiger partial charge in [-0.25, -0.2) is 16.9 Å². The number of hydrogen-bond acceptors (Lipinski definition) is 4. The van der Waals surface area contributed by atoms with Crippen LogP contribution in [0.1, 0.15) is 0 Å². The van der Waals surface area contributed by atoms with Crippen LogP contribution in [0.3, 0.4) is 0 Å². The van der Waals surface area contributed by atoms with E-state index in [2.05, 4.69) is 4.72 Å². The first kappa shape index (κ1) is 14.6. The van der Waals surface area contributed by atoms with Crippen molar-refractivity contribution >= 4 is 31.9 Å². The van der Waals surface area contributed by atoms with Crippen molar-refractivity contribution in [1.82, 2.24) is 4.31 Å². The first-order valence-corrected chi connectivity index (χ1v) is 7.34. The van der Waals surface area contributed by atoms with Gasteiger partial charge in [0.1, 0.15) is 0 Å². The summed E-state index contributed by atoms with van der Waals surface area (Å²) in [6, 6.07) is 5.49. The number of sulfonamides is 1. The van der Waals surface area contributed by atoms with Crippen molar-refractivity contribution in [3.63, 3.8) is 0 Å². The van der Waals surface area contributed by atoms with E-state index in [1.54, 1.807) is 0 Å². The lowest BCUT2D eigenvalue weighted by Gasteiger charge is -2.11. The molecule has 1 unspecified atom stereocenters. The van der Waals surface area contributed by atoms with Gasteiger partial charge in [-0.3, -0.25) is 9.52 Å². The summed E-state index contributed by atoms with van der Waals surface area (Å²) < 4.78 is 38.0. The third kappa shape index (κ3) is 3.28. The minimum absolute atomic E-state index is 0.0999. The number of rotatable bonds is 4. The topological polar surface area (TPSA) is 110 Å². The highest BCUT2D eigenvalue weighted by molar-refractivity contribution is 8.01. The Kier molecular flexibility index (Phi) is 4.43. The SMILES string of the molecule is CN(C)S(=O)(=O)c1ccc(NS(=O)C(N)=O)cc1. The monoisotopic (exact) mass is 291 g/mol. The van der Waals surface area contributed by atoms with Crippen LogP contribution in [0.15, 0.2) is 29.2 Å². The maximum absolute atomic E-state index is 11.7. The highest BCUT2D eigenvalue weighted by Crippen LogP contribution is 2.16. The van der Waals surface area contributed by atoms with Crippen LogP contribution in [0.25, 0.3) is 0 Å². The molecule has 0 aliphatic rings. The summed E-state index contributed by atoms with van der Waals surface area (Å²) >= 11 is 0. The average molecular weight is 291 g/mol. The average Bonchev–Trinajstić information content (AvgIpc) is 2.29. The number of benzene rings is 1. The quantitative estimate of drug-likeness (QED) is 0.819. The van der Waals surface area contributed by atoms with E-state index < -0.39 is 26.2 Å². The second kappa shape index (κ2) is 5.46. The first-order chi connectivity index (χ1) is 8.25. The molecule has 0 bridgehead atoms. The number of nitrogens with two attached hydrogens (primary N) is 1. The minimum Gasteiger partial charge on any atom is -0.357 e. The molecule has 7 nitrogen and oxygen atoms in total. The highest BCUT2D eigenvalue weighted by Gasteiger charge is 2.16. The van der Waals surface area contributed by atoms with Gasteiger partial charge >= 0.3 is 5.24 Å². The van der Waals surface area contributed by atoms with Crippen molar-refractivity contribution in [1.29, 1.82) is 0 Å². The van der Waals surface area contributed by atoms with Crippen LogP contribution in [0, 0.1) is 0 Å². The second-order valence-corrected chi connectivity index (χ2v) is 6.80. The highest BCUT2D eigenvalue weighted by atomic mass is 32.2. The maximum atomic E-state index is 11.7. The van der Waals surface area contributed by atoms with Crippen LogP contribution >= 0.6 is 0 Å². The Labute approximate surface area is 108 Å². The maximum Gasteiger partial charge on any atom is 0.327 e. The molecule has 18 heavy (non-hydrogen) atoms. The zero-order valence-corrected chi connectivity index (χ0v) is 11.4. The largest absolute Gasteiger partial charge is 0.357 e. The minimum atomic E-state index is -3.50. The summed E-state index contributed by atoms with van der Waals surface area (Å²) in [5.74, 6) is 0. The Morgan fingerprint density at radius 1 is 1.28 bits per heavy atom. The van der Waals surface area contributed by atoms with Crippen molar-refractivity contribution < 1.29 is 17.4 Å². The Morgan fingerprint density at radius 3 is 2.17 bits per heavy atom. The van der Waals surface area contributed by atoms with E-state index in [0.29, 0.717) is 5.69 Å².